The van der Waals surface area contributed by atoms with Crippen LogP contribution in [0.5, 0.6) is 5.75 Å². The van der Waals surface area contributed by atoms with Gasteiger partial charge in [-0.15, -0.1) is 0 Å². The number of aryl methyl sites for hydroxylation is 1. The Bertz CT molecular complexity index is 594. The van der Waals surface area contributed by atoms with Crippen LogP contribution in [0.4, 0.5) is 0 Å². The van der Waals surface area contributed by atoms with E-state index in [1.165, 1.54) is 44.1 Å². The molecule has 2 nitrogen and oxygen atoms in total. The maximum Gasteiger partial charge on any atom is 0.119 e. The van der Waals surface area contributed by atoms with Crippen LogP contribution >= 0.6 is 0 Å². The topological polar surface area (TPSA) is 29.5 Å². The van der Waals surface area contributed by atoms with Crippen molar-refractivity contribution in [2.24, 2.45) is 23.2 Å². The Balaban J connectivity index is 1.65. The summed E-state index contributed by atoms with van der Waals surface area (Å²) in [5, 5.41) is 10.3. The lowest BCUT2D eigenvalue weighted by atomic mass is 9.54. The summed E-state index contributed by atoms with van der Waals surface area (Å²) in [5.74, 6) is 3.86. The summed E-state index contributed by atoms with van der Waals surface area (Å²) < 4.78 is 5.41. The maximum absolute atomic E-state index is 10.3. The third kappa shape index (κ3) is 2.25. The van der Waals surface area contributed by atoms with Gasteiger partial charge < -0.3 is 9.84 Å². The molecule has 3 aliphatic carbocycles. The van der Waals surface area contributed by atoms with E-state index in [0.717, 1.165) is 23.5 Å². The Hall–Kier alpha value is -1.02. The highest BCUT2D eigenvalue weighted by molar-refractivity contribution is 5.40. The van der Waals surface area contributed by atoms with Gasteiger partial charge >= 0.3 is 0 Å². The zero-order valence-electron chi connectivity index (χ0n) is 14.7. The lowest BCUT2D eigenvalue weighted by molar-refractivity contribution is -0.0180. The third-order valence-corrected chi connectivity index (χ3v) is 7.59. The van der Waals surface area contributed by atoms with Crippen molar-refractivity contribution in [3.05, 3.63) is 29.3 Å². The molecular weight excluding hydrogens is 284 g/mol. The Labute approximate surface area is 140 Å². The molecule has 0 saturated heterocycles. The van der Waals surface area contributed by atoms with Gasteiger partial charge in [0, 0.05) is 0 Å². The molecule has 23 heavy (non-hydrogen) atoms. The molecule has 0 radical (unpaired) electrons. The molecule has 0 aliphatic heterocycles. The van der Waals surface area contributed by atoms with Crippen LogP contribution in [0.2, 0.25) is 0 Å². The molecule has 2 saturated carbocycles. The summed E-state index contributed by atoms with van der Waals surface area (Å²) in [6, 6.07) is 6.73. The average molecular weight is 314 g/mol. The van der Waals surface area contributed by atoms with Crippen LogP contribution in [0.3, 0.4) is 0 Å². The van der Waals surface area contributed by atoms with Crippen LogP contribution in [0.1, 0.15) is 63.0 Å². The highest BCUT2D eigenvalue weighted by Crippen LogP contribution is 2.63. The van der Waals surface area contributed by atoms with Gasteiger partial charge in [-0.2, -0.15) is 0 Å². The number of methoxy groups -OCH3 is 1. The fraction of sp³-hybridized carbons (Fsp3) is 0.714. The number of hydrogen-bond acceptors (Lipinski definition) is 2. The van der Waals surface area contributed by atoms with Gasteiger partial charge in [-0.3, -0.25) is 0 Å². The zero-order valence-corrected chi connectivity index (χ0v) is 14.7. The monoisotopic (exact) mass is 314 g/mol. The summed E-state index contributed by atoms with van der Waals surface area (Å²) in [4.78, 5) is 0. The predicted octanol–water partition coefficient (Wildman–Crippen LogP) is 4.55. The van der Waals surface area contributed by atoms with E-state index in [1.54, 1.807) is 12.7 Å². The van der Waals surface area contributed by atoms with E-state index < -0.39 is 0 Å². The van der Waals surface area contributed by atoms with E-state index in [4.69, 9.17) is 4.74 Å². The van der Waals surface area contributed by atoms with E-state index >= 15 is 0 Å². The number of aliphatic hydroxyl groups is 1. The second kappa shape index (κ2) is 5.51. The minimum absolute atomic E-state index is 0.151. The lowest BCUT2D eigenvalue weighted by Crippen LogP contribution is -2.44. The van der Waals surface area contributed by atoms with Crippen molar-refractivity contribution >= 4 is 0 Å². The molecular formula is C21H30O2. The quantitative estimate of drug-likeness (QED) is 0.868. The summed E-state index contributed by atoms with van der Waals surface area (Å²) in [5.41, 5.74) is 3.46. The SMILES string of the molecule is COc1ccc2c(c1)CCC1C2CC[C@]2(C)C(C(C)O)CCC12. The molecule has 1 aromatic rings. The molecule has 1 aromatic carbocycles. The third-order valence-electron chi connectivity index (χ3n) is 7.59. The minimum atomic E-state index is -0.151. The first-order valence-electron chi connectivity index (χ1n) is 9.39. The van der Waals surface area contributed by atoms with Crippen LogP contribution in [0.25, 0.3) is 0 Å². The summed E-state index contributed by atoms with van der Waals surface area (Å²) in [6.45, 7) is 4.48. The molecule has 0 amide bonds. The fourth-order valence-electron chi connectivity index (χ4n) is 6.52. The Morgan fingerprint density at radius 1 is 1.22 bits per heavy atom. The fourth-order valence-corrected chi connectivity index (χ4v) is 6.52. The molecule has 0 heterocycles. The van der Waals surface area contributed by atoms with Crippen molar-refractivity contribution in [2.45, 2.75) is 64.4 Å². The van der Waals surface area contributed by atoms with E-state index in [-0.39, 0.29) is 6.10 Å². The van der Waals surface area contributed by atoms with E-state index in [9.17, 15) is 5.11 Å². The Morgan fingerprint density at radius 2 is 2.04 bits per heavy atom. The van der Waals surface area contributed by atoms with Crippen LogP contribution < -0.4 is 4.74 Å². The summed E-state index contributed by atoms with van der Waals surface area (Å²) in [7, 11) is 1.76. The summed E-state index contributed by atoms with van der Waals surface area (Å²) >= 11 is 0. The number of aliphatic hydroxyl groups excluding tert-OH is 1. The summed E-state index contributed by atoms with van der Waals surface area (Å²) in [6.07, 6.45) is 7.47. The van der Waals surface area contributed by atoms with Crippen molar-refractivity contribution < 1.29 is 9.84 Å². The molecule has 0 bridgehead atoms. The molecule has 5 unspecified atom stereocenters. The number of fused-ring (bicyclic) bond motifs is 5. The minimum Gasteiger partial charge on any atom is -0.497 e. The van der Waals surface area contributed by atoms with Crippen LogP contribution in [-0.2, 0) is 6.42 Å². The Kier molecular flexibility index (Phi) is 3.72. The first kappa shape index (κ1) is 15.5. The molecule has 0 aromatic heterocycles. The molecule has 126 valence electrons. The van der Waals surface area contributed by atoms with Gasteiger partial charge in [-0.1, -0.05) is 13.0 Å². The lowest BCUT2D eigenvalue weighted by Gasteiger charge is -2.51. The van der Waals surface area contributed by atoms with Gasteiger partial charge in [0.25, 0.3) is 0 Å². The van der Waals surface area contributed by atoms with Crippen LogP contribution in [-0.4, -0.2) is 18.3 Å². The van der Waals surface area contributed by atoms with E-state index in [2.05, 4.69) is 25.1 Å². The van der Waals surface area contributed by atoms with E-state index in [0.29, 0.717) is 11.3 Å². The van der Waals surface area contributed by atoms with Gasteiger partial charge in [-0.05, 0) is 97.8 Å². The predicted molar refractivity (Wildman–Crippen MR) is 92.8 cm³/mol. The van der Waals surface area contributed by atoms with E-state index in [1.807, 2.05) is 6.92 Å². The average Bonchev–Trinajstić information content (AvgIpc) is 2.91. The van der Waals surface area contributed by atoms with Crippen molar-refractivity contribution in [3.63, 3.8) is 0 Å². The number of rotatable bonds is 2. The molecule has 3 aliphatic rings. The van der Waals surface area contributed by atoms with Crippen LogP contribution in [0, 0.1) is 23.2 Å². The molecule has 1 N–H and O–H groups in total. The van der Waals surface area contributed by atoms with Crippen LogP contribution in [0.15, 0.2) is 18.2 Å². The number of benzene rings is 1. The van der Waals surface area contributed by atoms with Crippen molar-refractivity contribution in [1.82, 2.24) is 0 Å². The molecule has 6 atom stereocenters. The van der Waals surface area contributed by atoms with Gasteiger partial charge in [0.15, 0.2) is 0 Å². The second-order valence-corrected chi connectivity index (χ2v) is 8.45. The highest BCUT2D eigenvalue weighted by Gasteiger charge is 2.55. The molecule has 4 rings (SSSR count). The molecule has 2 heteroatoms. The Morgan fingerprint density at radius 3 is 2.78 bits per heavy atom. The normalized spacial score (nSPS) is 40.0. The maximum atomic E-state index is 10.3. The second-order valence-electron chi connectivity index (χ2n) is 8.45. The first-order valence-corrected chi connectivity index (χ1v) is 9.39. The zero-order chi connectivity index (χ0) is 16.2. The van der Waals surface area contributed by atoms with Crippen molar-refractivity contribution in [2.75, 3.05) is 7.11 Å². The van der Waals surface area contributed by atoms with Gasteiger partial charge in [0.2, 0.25) is 0 Å². The largest absolute Gasteiger partial charge is 0.497 e. The number of hydrogen-bond donors (Lipinski definition) is 1. The highest BCUT2D eigenvalue weighted by atomic mass is 16.5. The van der Waals surface area contributed by atoms with Gasteiger partial charge in [0.05, 0.1) is 13.2 Å². The smallest absolute Gasteiger partial charge is 0.119 e. The van der Waals surface area contributed by atoms with Gasteiger partial charge in [0.1, 0.15) is 5.75 Å². The standard InChI is InChI=1S/C21H30O2/c1-13(22)19-8-9-20-18-6-4-14-12-15(23-3)5-7-16(14)17(18)10-11-21(19,20)2/h5,7,12-13,17-20,22H,4,6,8-11H2,1-3H3/t13?,17?,18?,19?,20?,21-/m1/s1. The number of ether oxygens (including phenoxy) is 1. The molecule has 0 spiro atoms. The van der Waals surface area contributed by atoms with Crippen molar-refractivity contribution in [1.29, 1.82) is 0 Å². The van der Waals surface area contributed by atoms with Crippen molar-refractivity contribution in [3.8, 4) is 5.75 Å². The first-order chi connectivity index (χ1) is 11.0. The molecule has 2 fully saturated rings. The van der Waals surface area contributed by atoms with Gasteiger partial charge in [-0.25, -0.2) is 0 Å².